The number of benzene rings is 2. The first-order valence-corrected chi connectivity index (χ1v) is 14.2. The SMILES string of the molecule is COc1cc(C(=O)CC[C@](O)(c2cc3c(c(-c4ccc(F)cc4)n2)OC[C@@]3(n2ccnn2)C(F)(F)F)C(F)(F)F)ccc1OC1CC1. The second-order valence-corrected chi connectivity index (χ2v) is 11.2. The van der Waals surface area contributed by atoms with Gasteiger partial charge < -0.3 is 19.3 Å². The number of hydrogen-bond acceptors (Lipinski definition) is 8. The van der Waals surface area contributed by atoms with Crippen LogP contribution in [0.2, 0.25) is 0 Å². The predicted octanol–water partition coefficient (Wildman–Crippen LogP) is 6.14. The van der Waals surface area contributed by atoms with Crippen LogP contribution in [0.3, 0.4) is 0 Å². The molecule has 9 nitrogen and oxygen atoms in total. The molecular weight excluding hydrogens is 641 g/mol. The van der Waals surface area contributed by atoms with E-state index in [1.54, 1.807) is 0 Å². The maximum absolute atomic E-state index is 14.9. The minimum absolute atomic E-state index is 0.00194. The first kappa shape index (κ1) is 32.2. The van der Waals surface area contributed by atoms with Crippen molar-refractivity contribution in [1.29, 1.82) is 0 Å². The average molecular weight is 667 g/mol. The van der Waals surface area contributed by atoms with Gasteiger partial charge in [-0.1, -0.05) is 5.21 Å². The Kier molecular flexibility index (Phi) is 7.89. The zero-order chi connectivity index (χ0) is 33.8. The third kappa shape index (κ3) is 5.64. The summed E-state index contributed by atoms with van der Waals surface area (Å²) in [6, 6.07) is 8.58. The van der Waals surface area contributed by atoms with Crippen LogP contribution < -0.4 is 14.2 Å². The molecule has 0 saturated heterocycles. The van der Waals surface area contributed by atoms with E-state index in [-0.39, 0.29) is 23.0 Å². The fourth-order valence-corrected chi connectivity index (χ4v) is 5.38. The standard InChI is InChI=1S/C31H25F7N4O5/c1-45-24-14-18(4-9-23(24)47-20-7-8-20)22(43)10-11-29(44,31(36,37)38)25-15-21-27(26(40-25)17-2-5-19(32)6-3-17)46-16-28(21,30(33,34)35)42-13-12-39-41-42/h2-6,9,12-15,20,44H,7-8,10-11,16H2,1H3/t28-,29-/m0/s1. The van der Waals surface area contributed by atoms with Crippen molar-refractivity contribution >= 4 is 5.78 Å². The van der Waals surface area contributed by atoms with Crippen LogP contribution >= 0.6 is 0 Å². The van der Waals surface area contributed by atoms with Crippen molar-refractivity contribution in [3.8, 4) is 28.5 Å². The second-order valence-electron chi connectivity index (χ2n) is 11.2. The lowest BCUT2D eigenvalue weighted by Crippen LogP contribution is -2.51. The molecule has 0 radical (unpaired) electrons. The second kappa shape index (κ2) is 11.5. The summed E-state index contributed by atoms with van der Waals surface area (Å²) < 4.78 is 120. The number of ether oxygens (including phenoxy) is 3. The molecule has 1 aliphatic heterocycles. The average Bonchev–Trinajstić information content (AvgIpc) is 3.49. The summed E-state index contributed by atoms with van der Waals surface area (Å²) in [6.45, 7) is -1.15. The summed E-state index contributed by atoms with van der Waals surface area (Å²) in [4.78, 5) is 17.1. The normalized spacial score (nSPS) is 19.1. The number of halogens is 7. The third-order valence-corrected chi connectivity index (χ3v) is 8.15. The number of hydrogen-bond donors (Lipinski definition) is 1. The summed E-state index contributed by atoms with van der Waals surface area (Å²) in [6.07, 6.45) is -9.43. The van der Waals surface area contributed by atoms with E-state index in [1.165, 1.54) is 25.3 Å². The van der Waals surface area contributed by atoms with Gasteiger partial charge in [0, 0.05) is 29.3 Å². The summed E-state index contributed by atoms with van der Waals surface area (Å²) in [5.41, 5.74) is -9.83. The van der Waals surface area contributed by atoms with Crippen molar-refractivity contribution in [3.63, 3.8) is 0 Å². The number of carbonyl (C=O) groups is 1. The van der Waals surface area contributed by atoms with Crippen LogP contribution in [0.25, 0.3) is 11.3 Å². The minimum Gasteiger partial charge on any atom is -0.493 e. The Morgan fingerprint density at radius 3 is 2.38 bits per heavy atom. The number of pyridine rings is 1. The van der Waals surface area contributed by atoms with Crippen molar-refractivity contribution in [2.24, 2.45) is 0 Å². The molecule has 2 aliphatic rings. The van der Waals surface area contributed by atoms with Gasteiger partial charge in [-0.2, -0.15) is 26.3 Å². The highest BCUT2D eigenvalue weighted by molar-refractivity contribution is 5.96. The molecule has 1 aliphatic carbocycles. The highest BCUT2D eigenvalue weighted by atomic mass is 19.4. The third-order valence-electron chi connectivity index (χ3n) is 8.15. The summed E-state index contributed by atoms with van der Waals surface area (Å²) >= 11 is 0. The molecule has 16 heteroatoms. The van der Waals surface area contributed by atoms with Crippen LogP contribution in [0.1, 0.15) is 47.3 Å². The fourth-order valence-electron chi connectivity index (χ4n) is 5.38. The predicted molar refractivity (Wildman–Crippen MR) is 148 cm³/mol. The molecule has 0 spiro atoms. The molecule has 2 aromatic heterocycles. The molecule has 1 saturated carbocycles. The molecule has 2 atom stereocenters. The quantitative estimate of drug-likeness (QED) is 0.159. The van der Waals surface area contributed by atoms with Crippen molar-refractivity contribution in [2.45, 2.75) is 55.3 Å². The van der Waals surface area contributed by atoms with E-state index in [2.05, 4.69) is 15.3 Å². The molecule has 0 amide bonds. The minimum atomic E-state index is -5.53. The summed E-state index contributed by atoms with van der Waals surface area (Å²) in [7, 11) is 1.33. The lowest BCUT2D eigenvalue weighted by atomic mass is 9.85. The lowest BCUT2D eigenvalue weighted by molar-refractivity contribution is -0.270. The lowest BCUT2D eigenvalue weighted by Gasteiger charge is -2.33. The number of methoxy groups -OCH3 is 1. The van der Waals surface area contributed by atoms with Gasteiger partial charge >= 0.3 is 12.4 Å². The van der Waals surface area contributed by atoms with Gasteiger partial charge in [0.2, 0.25) is 11.1 Å². The first-order valence-electron chi connectivity index (χ1n) is 14.2. The first-order chi connectivity index (χ1) is 22.2. The number of aromatic nitrogens is 4. The van der Waals surface area contributed by atoms with Crippen LogP contribution in [0, 0.1) is 5.82 Å². The van der Waals surface area contributed by atoms with Gasteiger partial charge in [-0.3, -0.25) is 4.79 Å². The van der Waals surface area contributed by atoms with Crippen LogP contribution in [0.4, 0.5) is 30.7 Å². The molecule has 0 bridgehead atoms. The zero-order valence-corrected chi connectivity index (χ0v) is 24.4. The topological polar surface area (TPSA) is 109 Å². The van der Waals surface area contributed by atoms with Crippen LogP contribution in [-0.4, -0.2) is 63.0 Å². The molecule has 3 heterocycles. The van der Waals surface area contributed by atoms with Crippen LogP contribution in [0.15, 0.2) is 60.9 Å². The van der Waals surface area contributed by atoms with Gasteiger partial charge in [0.1, 0.15) is 18.1 Å². The van der Waals surface area contributed by atoms with Crippen molar-refractivity contribution in [3.05, 3.63) is 83.6 Å². The van der Waals surface area contributed by atoms with Gasteiger partial charge in [0.15, 0.2) is 23.0 Å². The number of rotatable bonds is 10. The smallest absolute Gasteiger partial charge is 0.422 e. The Bertz CT molecular complexity index is 1790. The summed E-state index contributed by atoms with van der Waals surface area (Å²) in [5, 5.41) is 18.2. The molecule has 6 rings (SSSR count). The molecule has 2 aromatic carbocycles. The zero-order valence-electron chi connectivity index (χ0n) is 24.4. The Balaban J connectivity index is 1.45. The number of nitrogens with zero attached hydrogens (tertiary/aromatic N) is 4. The van der Waals surface area contributed by atoms with Crippen molar-refractivity contribution in [2.75, 3.05) is 13.7 Å². The number of fused-ring (bicyclic) bond motifs is 1. The fraction of sp³-hybridized carbons (Fsp3) is 0.355. The number of carbonyl (C=O) groups excluding carboxylic acids is 1. The number of alkyl halides is 6. The Labute approximate surface area is 261 Å². The molecule has 0 unspecified atom stereocenters. The van der Waals surface area contributed by atoms with Crippen LogP contribution in [0.5, 0.6) is 17.2 Å². The molecule has 1 N–H and O–H groups in total. The van der Waals surface area contributed by atoms with Gasteiger partial charge in [-0.15, -0.1) is 5.10 Å². The van der Waals surface area contributed by atoms with Gasteiger partial charge in [0.25, 0.3) is 0 Å². The molecular formula is C31H25F7N4O5. The van der Waals surface area contributed by atoms with E-state index in [4.69, 9.17) is 14.2 Å². The number of ketones is 1. The van der Waals surface area contributed by atoms with E-state index < -0.39 is 77.2 Å². The number of Topliss-reactive ketones (excluding diaryl/α,β-unsaturated/α-hetero) is 1. The largest absolute Gasteiger partial charge is 0.493 e. The Hall–Kier alpha value is -4.73. The summed E-state index contributed by atoms with van der Waals surface area (Å²) in [5.74, 6) is -1.58. The monoisotopic (exact) mass is 666 g/mol. The molecule has 248 valence electrons. The Morgan fingerprint density at radius 1 is 1.06 bits per heavy atom. The van der Waals surface area contributed by atoms with Gasteiger partial charge in [-0.25, -0.2) is 14.1 Å². The highest BCUT2D eigenvalue weighted by Crippen LogP contribution is 2.54. The van der Waals surface area contributed by atoms with Gasteiger partial charge in [-0.05, 0) is 67.8 Å². The highest BCUT2D eigenvalue weighted by Gasteiger charge is 2.65. The van der Waals surface area contributed by atoms with E-state index >= 15 is 0 Å². The molecule has 47 heavy (non-hydrogen) atoms. The molecule has 1 fully saturated rings. The maximum Gasteiger partial charge on any atom is 0.422 e. The van der Waals surface area contributed by atoms with Crippen LogP contribution in [-0.2, 0) is 11.1 Å². The molecule has 4 aromatic rings. The van der Waals surface area contributed by atoms with E-state index in [1.807, 2.05) is 0 Å². The van der Waals surface area contributed by atoms with E-state index in [9.17, 15) is 40.6 Å². The van der Waals surface area contributed by atoms with E-state index in [0.717, 1.165) is 49.5 Å². The number of aliphatic hydroxyl groups is 1. The maximum atomic E-state index is 14.9. The van der Waals surface area contributed by atoms with Crippen molar-refractivity contribution < 1.29 is 54.8 Å². The van der Waals surface area contributed by atoms with E-state index in [0.29, 0.717) is 16.5 Å². The Morgan fingerprint density at radius 2 is 1.79 bits per heavy atom. The van der Waals surface area contributed by atoms with Crippen molar-refractivity contribution in [1.82, 2.24) is 20.0 Å². The van der Waals surface area contributed by atoms with Gasteiger partial charge in [0.05, 0.1) is 25.1 Å².